The Hall–Kier alpha value is -0.790. The zero-order valence-corrected chi connectivity index (χ0v) is 7.42. The molecule has 0 spiro atoms. The summed E-state index contributed by atoms with van der Waals surface area (Å²) >= 11 is 0. The molecule has 0 saturated heterocycles. The minimum Gasteiger partial charge on any atom is -0.481 e. The second-order valence-electron chi connectivity index (χ2n) is 2.52. The number of carboxylic acid groups (broad SMARTS) is 1. The molecule has 0 aliphatic carbocycles. The average Bonchev–Trinajstić information content (AvgIpc) is 1.99. The highest BCUT2D eigenvalue weighted by Gasteiger charge is 2.17. The van der Waals surface area contributed by atoms with Gasteiger partial charge >= 0.3 is 5.97 Å². The molecular weight excluding hydrogens is 140 g/mol. The van der Waals surface area contributed by atoms with E-state index in [1.807, 2.05) is 26.8 Å². The SMILES string of the molecule is C/C=C(/CC)C(CC)C(=O)O. The number of rotatable bonds is 4. The monoisotopic (exact) mass is 156 g/mol. The topological polar surface area (TPSA) is 37.3 Å². The van der Waals surface area contributed by atoms with Crippen molar-refractivity contribution in [2.75, 3.05) is 0 Å². The highest BCUT2D eigenvalue weighted by Crippen LogP contribution is 2.17. The lowest BCUT2D eigenvalue weighted by molar-refractivity contribution is -0.140. The second kappa shape index (κ2) is 4.94. The lowest BCUT2D eigenvalue weighted by Gasteiger charge is -2.11. The highest BCUT2D eigenvalue weighted by atomic mass is 16.4. The van der Waals surface area contributed by atoms with E-state index in [1.165, 1.54) is 0 Å². The molecule has 1 unspecified atom stereocenters. The van der Waals surface area contributed by atoms with Gasteiger partial charge in [0.2, 0.25) is 0 Å². The molecule has 0 rings (SSSR count). The van der Waals surface area contributed by atoms with Crippen molar-refractivity contribution in [1.29, 1.82) is 0 Å². The molecule has 0 saturated carbocycles. The molecule has 0 aliphatic heterocycles. The van der Waals surface area contributed by atoms with E-state index in [0.29, 0.717) is 6.42 Å². The van der Waals surface area contributed by atoms with Crippen LogP contribution < -0.4 is 0 Å². The molecule has 0 amide bonds. The van der Waals surface area contributed by atoms with Gasteiger partial charge in [-0.1, -0.05) is 25.5 Å². The molecule has 0 aliphatic rings. The van der Waals surface area contributed by atoms with Gasteiger partial charge in [0.25, 0.3) is 0 Å². The Morgan fingerprint density at radius 1 is 1.55 bits per heavy atom. The van der Waals surface area contributed by atoms with Crippen molar-refractivity contribution >= 4 is 5.97 Å². The summed E-state index contributed by atoms with van der Waals surface area (Å²) in [5.41, 5.74) is 1.03. The van der Waals surface area contributed by atoms with Crippen LogP contribution in [-0.2, 0) is 4.79 Å². The van der Waals surface area contributed by atoms with Crippen LogP contribution in [-0.4, -0.2) is 11.1 Å². The first-order chi connectivity index (χ1) is 5.17. The molecule has 0 fully saturated rings. The average molecular weight is 156 g/mol. The van der Waals surface area contributed by atoms with E-state index in [1.54, 1.807) is 0 Å². The van der Waals surface area contributed by atoms with Gasteiger partial charge in [-0.15, -0.1) is 0 Å². The van der Waals surface area contributed by atoms with E-state index in [0.717, 1.165) is 12.0 Å². The van der Waals surface area contributed by atoms with Crippen molar-refractivity contribution < 1.29 is 9.90 Å². The summed E-state index contributed by atoms with van der Waals surface area (Å²) in [5.74, 6) is -0.979. The summed E-state index contributed by atoms with van der Waals surface area (Å²) in [5, 5.41) is 8.77. The third-order valence-electron chi connectivity index (χ3n) is 1.93. The fraction of sp³-hybridized carbons (Fsp3) is 0.667. The molecule has 0 aromatic heterocycles. The van der Waals surface area contributed by atoms with Crippen molar-refractivity contribution in [2.24, 2.45) is 5.92 Å². The van der Waals surface area contributed by atoms with Crippen molar-refractivity contribution in [3.63, 3.8) is 0 Å². The zero-order valence-electron chi connectivity index (χ0n) is 7.42. The first kappa shape index (κ1) is 10.2. The molecule has 11 heavy (non-hydrogen) atoms. The first-order valence-electron chi connectivity index (χ1n) is 4.05. The van der Waals surface area contributed by atoms with Crippen molar-refractivity contribution in [1.82, 2.24) is 0 Å². The van der Waals surface area contributed by atoms with Crippen LogP contribution in [0.3, 0.4) is 0 Å². The van der Waals surface area contributed by atoms with Gasteiger partial charge in [0.05, 0.1) is 5.92 Å². The van der Waals surface area contributed by atoms with Gasteiger partial charge in [-0.2, -0.15) is 0 Å². The van der Waals surface area contributed by atoms with Crippen molar-refractivity contribution in [3.8, 4) is 0 Å². The summed E-state index contributed by atoms with van der Waals surface area (Å²) in [6.45, 7) is 5.78. The predicted molar refractivity (Wildman–Crippen MR) is 45.5 cm³/mol. The smallest absolute Gasteiger partial charge is 0.310 e. The molecule has 64 valence electrons. The van der Waals surface area contributed by atoms with Crippen LogP contribution in [0.25, 0.3) is 0 Å². The molecule has 0 aromatic rings. The fourth-order valence-electron chi connectivity index (χ4n) is 1.25. The summed E-state index contributed by atoms with van der Waals surface area (Å²) in [6.07, 6.45) is 3.42. The molecule has 0 radical (unpaired) electrons. The summed E-state index contributed by atoms with van der Waals surface area (Å²) in [7, 11) is 0. The zero-order chi connectivity index (χ0) is 8.85. The molecule has 2 heteroatoms. The van der Waals surface area contributed by atoms with Crippen LogP contribution in [0.5, 0.6) is 0 Å². The summed E-state index contributed by atoms with van der Waals surface area (Å²) in [4.78, 5) is 10.6. The number of carbonyl (C=O) groups is 1. The highest BCUT2D eigenvalue weighted by molar-refractivity contribution is 5.73. The standard InChI is InChI=1S/C9H16O2/c1-4-7(5-2)8(6-3)9(10)11/h4,8H,5-6H2,1-3H3,(H,10,11)/b7-4-. The number of aliphatic carboxylic acids is 1. The van der Waals surface area contributed by atoms with E-state index >= 15 is 0 Å². The fourth-order valence-corrected chi connectivity index (χ4v) is 1.25. The third-order valence-corrected chi connectivity index (χ3v) is 1.93. The Morgan fingerprint density at radius 2 is 2.09 bits per heavy atom. The van der Waals surface area contributed by atoms with Crippen LogP contribution in [0.1, 0.15) is 33.6 Å². The van der Waals surface area contributed by atoms with Gasteiger partial charge in [0.1, 0.15) is 0 Å². The second-order valence-corrected chi connectivity index (χ2v) is 2.52. The molecule has 0 heterocycles. The number of carboxylic acids is 1. The van der Waals surface area contributed by atoms with Crippen LogP contribution in [0, 0.1) is 5.92 Å². The quantitative estimate of drug-likeness (QED) is 0.635. The maximum absolute atomic E-state index is 10.6. The normalized spacial score (nSPS) is 14.6. The minimum absolute atomic E-state index is 0.273. The van der Waals surface area contributed by atoms with Crippen molar-refractivity contribution in [2.45, 2.75) is 33.6 Å². The van der Waals surface area contributed by atoms with E-state index in [9.17, 15) is 4.79 Å². The largest absolute Gasteiger partial charge is 0.481 e. The molecule has 1 atom stereocenters. The Labute approximate surface area is 67.9 Å². The summed E-state index contributed by atoms with van der Waals surface area (Å²) in [6, 6.07) is 0. The number of hydrogen-bond donors (Lipinski definition) is 1. The molecule has 0 bridgehead atoms. The van der Waals surface area contributed by atoms with Crippen LogP contribution >= 0.6 is 0 Å². The van der Waals surface area contributed by atoms with Gasteiger partial charge < -0.3 is 5.11 Å². The van der Waals surface area contributed by atoms with Gasteiger partial charge in [0.15, 0.2) is 0 Å². The van der Waals surface area contributed by atoms with E-state index in [4.69, 9.17) is 5.11 Å². The van der Waals surface area contributed by atoms with Crippen LogP contribution in [0.2, 0.25) is 0 Å². The molecule has 1 N–H and O–H groups in total. The molecule has 0 aromatic carbocycles. The Balaban J connectivity index is 4.35. The molecular formula is C9H16O2. The van der Waals surface area contributed by atoms with Gasteiger partial charge in [-0.3, -0.25) is 4.79 Å². The molecule has 2 nitrogen and oxygen atoms in total. The van der Waals surface area contributed by atoms with E-state index in [-0.39, 0.29) is 5.92 Å². The maximum Gasteiger partial charge on any atom is 0.310 e. The van der Waals surface area contributed by atoms with Crippen LogP contribution in [0.4, 0.5) is 0 Å². The van der Waals surface area contributed by atoms with Gasteiger partial charge in [-0.05, 0) is 19.8 Å². The summed E-state index contributed by atoms with van der Waals surface area (Å²) < 4.78 is 0. The Bertz CT molecular complexity index is 159. The van der Waals surface area contributed by atoms with Crippen LogP contribution in [0.15, 0.2) is 11.6 Å². The first-order valence-corrected chi connectivity index (χ1v) is 4.05. The maximum atomic E-state index is 10.6. The van der Waals surface area contributed by atoms with Gasteiger partial charge in [0, 0.05) is 0 Å². The van der Waals surface area contributed by atoms with E-state index in [2.05, 4.69) is 0 Å². The van der Waals surface area contributed by atoms with Gasteiger partial charge in [-0.25, -0.2) is 0 Å². The lowest BCUT2D eigenvalue weighted by Crippen LogP contribution is -2.14. The number of allylic oxidation sites excluding steroid dienone is 1. The Morgan fingerprint density at radius 3 is 2.18 bits per heavy atom. The third kappa shape index (κ3) is 2.74. The Kier molecular flexibility index (Phi) is 4.59. The minimum atomic E-state index is -0.706. The number of hydrogen-bond acceptors (Lipinski definition) is 1. The van der Waals surface area contributed by atoms with Crippen molar-refractivity contribution in [3.05, 3.63) is 11.6 Å². The predicted octanol–water partition coefficient (Wildman–Crippen LogP) is 2.45. The van der Waals surface area contributed by atoms with E-state index < -0.39 is 5.97 Å². The lowest BCUT2D eigenvalue weighted by atomic mass is 9.94.